The molecule has 1 aromatic carbocycles. The van der Waals surface area contributed by atoms with Gasteiger partial charge in [-0.3, -0.25) is 0 Å². The number of pyridine rings is 1. The minimum absolute atomic E-state index is 0.130. The summed E-state index contributed by atoms with van der Waals surface area (Å²) < 4.78 is 16.0. The van der Waals surface area contributed by atoms with Crippen LogP contribution in [0.5, 0.6) is 5.88 Å². The molecule has 6 rings (SSSR count). The van der Waals surface area contributed by atoms with Crippen LogP contribution in [-0.2, 0) is 11.8 Å². The number of aryl methyl sites for hydroxylation is 1. The van der Waals surface area contributed by atoms with Crippen LogP contribution in [0.1, 0.15) is 31.7 Å². The maximum atomic E-state index is 6.61. The molecule has 0 atom stereocenters. The Labute approximate surface area is 203 Å². The van der Waals surface area contributed by atoms with Gasteiger partial charge in [0.1, 0.15) is 11.9 Å². The van der Waals surface area contributed by atoms with Crippen molar-refractivity contribution in [2.45, 2.75) is 37.8 Å². The highest BCUT2D eigenvalue weighted by atomic mass is 16.5. The Morgan fingerprint density at radius 3 is 2.69 bits per heavy atom. The second-order valence-corrected chi connectivity index (χ2v) is 9.13. The van der Waals surface area contributed by atoms with Gasteiger partial charge in [-0.2, -0.15) is 4.98 Å². The molecule has 182 valence electrons. The Morgan fingerprint density at radius 1 is 1.09 bits per heavy atom. The van der Waals surface area contributed by atoms with E-state index in [1.165, 1.54) is 0 Å². The molecule has 4 aromatic rings. The highest BCUT2D eigenvalue weighted by molar-refractivity contribution is 5.92. The van der Waals surface area contributed by atoms with Crippen LogP contribution < -0.4 is 15.0 Å². The summed E-state index contributed by atoms with van der Waals surface area (Å²) >= 11 is 0. The fourth-order valence-electron chi connectivity index (χ4n) is 4.89. The highest BCUT2D eigenvalue weighted by Crippen LogP contribution is 2.35. The number of hydrogen-bond donors (Lipinski definition) is 1. The lowest BCUT2D eigenvalue weighted by Crippen LogP contribution is -2.36. The summed E-state index contributed by atoms with van der Waals surface area (Å²) in [7, 11) is 1.80. The lowest BCUT2D eigenvalue weighted by atomic mass is 9.93. The van der Waals surface area contributed by atoms with Crippen LogP contribution in [0, 0.1) is 0 Å². The molecule has 1 saturated carbocycles. The van der Waals surface area contributed by atoms with Crippen molar-refractivity contribution in [3.05, 3.63) is 43.0 Å². The van der Waals surface area contributed by atoms with Crippen molar-refractivity contribution in [3.63, 3.8) is 0 Å². The van der Waals surface area contributed by atoms with Crippen LogP contribution in [0.4, 0.5) is 17.5 Å². The van der Waals surface area contributed by atoms with Crippen molar-refractivity contribution in [3.8, 4) is 5.88 Å². The first kappa shape index (κ1) is 21.8. The molecule has 11 heteroatoms. The number of aromatic nitrogens is 7. The van der Waals surface area contributed by atoms with Crippen LogP contribution in [0.2, 0.25) is 0 Å². The van der Waals surface area contributed by atoms with E-state index in [1.54, 1.807) is 11.7 Å². The predicted molar refractivity (Wildman–Crippen MR) is 131 cm³/mol. The van der Waals surface area contributed by atoms with E-state index in [4.69, 9.17) is 14.5 Å². The molecule has 0 amide bonds. The van der Waals surface area contributed by atoms with E-state index in [-0.39, 0.29) is 6.10 Å². The van der Waals surface area contributed by atoms with Gasteiger partial charge in [0.2, 0.25) is 11.8 Å². The summed E-state index contributed by atoms with van der Waals surface area (Å²) in [5.74, 6) is 2.18. The Hall–Kier alpha value is -3.73. The third-order valence-corrected chi connectivity index (χ3v) is 6.86. The zero-order chi connectivity index (χ0) is 23.6. The Kier molecular flexibility index (Phi) is 5.91. The van der Waals surface area contributed by atoms with Gasteiger partial charge >= 0.3 is 0 Å². The lowest BCUT2D eigenvalue weighted by molar-refractivity contribution is 0.121. The zero-order valence-electron chi connectivity index (χ0n) is 19.7. The van der Waals surface area contributed by atoms with Gasteiger partial charge < -0.3 is 24.3 Å². The number of tetrazole rings is 1. The van der Waals surface area contributed by atoms with Crippen molar-refractivity contribution < 1.29 is 9.47 Å². The van der Waals surface area contributed by atoms with Gasteiger partial charge in [-0.1, -0.05) is 11.2 Å². The van der Waals surface area contributed by atoms with Crippen LogP contribution in [0.3, 0.4) is 0 Å². The third kappa shape index (κ3) is 4.63. The van der Waals surface area contributed by atoms with E-state index in [9.17, 15) is 0 Å². The van der Waals surface area contributed by atoms with E-state index >= 15 is 0 Å². The zero-order valence-corrected chi connectivity index (χ0v) is 19.7. The minimum Gasteiger partial charge on any atom is -0.474 e. The molecule has 4 heterocycles. The summed E-state index contributed by atoms with van der Waals surface area (Å²) in [4.78, 5) is 11.5. The van der Waals surface area contributed by atoms with Crippen LogP contribution in [0.15, 0.2) is 43.0 Å². The first-order valence-electron chi connectivity index (χ1n) is 12.1. The van der Waals surface area contributed by atoms with Crippen LogP contribution in [-0.4, -0.2) is 67.1 Å². The summed E-state index contributed by atoms with van der Waals surface area (Å²) in [6.07, 6.45) is 10.0. The summed E-state index contributed by atoms with van der Waals surface area (Å²) in [6, 6.07) is 8.80. The molecule has 0 unspecified atom stereocenters. The number of nitrogens with one attached hydrogen (secondary N) is 1. The predicted octanol–water partition coefficient (Wildman–Crippen LogP) is 3.10. The maximum Gasteiger partial charge on any atom is 0.247 e. The first-order valence-corrected chi connectivity index (χ1v) is 12.1. The number of imidazole rings is 1. The summed E-state index contributed by atoms with van der Waals surface area (Å²) in [6.45, 7) is 3.07. The van der Waals surface area contributed by atoms with Gasteiger partial charge in [0, 0.05) is 49.6 Å². The van der Waals surface area contributed by atoms with Gasteiger partial charge in [0.25, 0.3) is 0 Å². The van der Waals surface area contributed by atoms with Crippen LogP contribution >= 0.6 is 0 Å². The van der Waals surface area contributed by atoms with E-state index in [0.29, 0.717) is 31.1 Å². The molecule has 0 radical (unpaired) electrons. The van der Waals surface area contributed by atoms with Gasteiger partial charge in [-0.05, 0) is 59.7 Å². The molecule has 2 aliphatic rings. The van der Waals surface area contributed by atoms with Gasteiger partial charge in [0.05, 0.1) is 19.5 Å². The number of nitrogens with zero attached hydrogens (tertiary/aromatic N) is 8. The normalized spacial score (nSPS) is 20.8. The molecular weight excluding hydrogens is 446 g/mol. The number of rotatable bonds is 6. The lowest BCUT2D eigenvalue weighted by Gasteiger charge is -2.31. The average molecular weight is 476 g/mol. The molecule has 35 heavy (non-hydrogen) atoms. The average Bonchev–Trinajstić information content (AvgIpc) is 3.58. The molecule has 11 nitrogen and oxygen atoms in total. The molecular formula is C24H29N9O2. The molecule has 1 saturated heterocycles. The number of fused-ring (bicyclic) bond motifs is 1. The first-order chi connectivity index (χ1) is 17.2. The fraction of sp³-hybridized carbons (Fsp3) is 0.458. The van der Waals surface area contributed by atoms with Crippen LogP contribution in [0.25, 0.3) is 10.8 Å². The standard InChI is InChI=1S/C24H29N9O2/c1-31-24(28-29-30-31)26-18-3-2-17-14-22(32-10-12-34-13-11-32)27-23(21(17)15-18)35-20-6-4-19(5-7-20)33-9-8-25-16-33/h2-3,8-9,14-16,19-20H,4-7,10-13H2,1H3,(H,26,28,30). The third-order valence-electron chi connectivity index (χ3n) is 6.86. The molecule has 1 N–H and O–H groups in total. The molecule has 1 aliphatic carbocycles. The Balaban J connectivity index is 1.28. The SMILES string of the molecule is Cn1nnnc1Nc1ccc2cc(N3CCOCC3)nc(OC3CCC(n4ccnc4)CC3)c2c1. The Morgan fingerprint density at radius 2 is 1.94 bits per heavy atom. The number of benzene rings is 1. The van der Waals surface area contributed by atoms with Crippen molar-refractivity contribution in [1.82, 2.24) is 34.7 Å². The van der Waals surface area contributed by atoms with Gasteiger partial charge in [-0.15, -0.1) is 0 Å². The number of ether oxygens (including phenoxy) is 2. The second-order valence-electron chi connectivity index (χ2n) is 9.13. The van der Waals surface area contributed by atoms with Crippen molar-refractivity contribution in [1.29, 1.82) is 0 Å². The Bertz CT molecular complexity index is 1280. The molecule has 2 fully saturated rings. The van der Waals surface area contributed by atoms with E-state index in [1.807, 2.05) is 24.8 Å². The summed E-state index contributed by atoms with van der Waals surface area (Å²) in [5.41, 5.74) is 0.880. The molecule has 3 aromatic heterocycles. The van der Waals surface area contributed by atoms with Gasteiger partial charge in [-0.25, -0.2) is 9.67 Å². The molecule has 0 spiro atoms. The van der Waals surface area contributed by atoms with Crippen molar-refractivity contribution in [2.24, 2.45) is 7.05 Å². The maximum absolute atomic E-state index is 6.61. The van der Waals surface area contributed by atoms with Crippen molar-refractivity contribution >= 4 is 28.2 Å². The largest absolute Gasteiger partial charge is 0.474 e. The monoisotopic (exact) mass is 475 g/mol. The smallest absolute Gasteiger partial charge is 0.247 e. The fourth-order valence-corrected chi connectivity index (χ4v) is 4.89. The van der Waals surface area contributed by atoms with E-state index < -0.39 is 0 Å². The van der Waals surface area contributed by atoms with E-state index in [0.717, 1.165) is 61.1 Å². The quantitative estimate of drug-likeness (QED) is 0.450. The second kappa shape index (κ2) is 9.49. The minimum atomic E-state index is 0.130. The topological polar surface area (TPSA) is 108 Å². The molecule has 1 aliphatic heterocycles. The van der Waals surface area contributed by atoms with Gasteiger partial charge in [0.15, 0.2) is 0 Å². The number of anilines is 3. The number of morpholine rings is 1. The molecule has 0 bridgehead atoms. The summed E-state index contributed by atoms with van der Waals surface area (Å²) in [5, 5.41) is 17.0. The highest BCUT2D eigenvalue weighted by Gasteiger charge is 2.25. The number of hydrogen-bond acceptors (Lipinski definition) is 9. The van der Waals surface area contributed by atoms with Crippen molar-refractivity contribution in [2.75, 3.05) is 36.5 Å². The van der Waals surface area contributed by atoms with E-state index in [2.05, 4.69) is 53.5 Å².